The van der Waals surface area contributed by atoms with Crippen LogP contribution in [0.25, 0.3) is 0 Å². The first-order chi connectivity index (χ1) is 11.0. The predicted octanol–water partition coefficient (Wildman–Crippen LogP) is 3.65. The summed E-state index contributed by atoms with van der Waals surface area (Å²) < 4.78 is 53.3. The van der Waals surface area contributed by atoms with Gasteiger partial charge < -0.3 is 4.74 Å². The van der Waals surface area contributed by atoms with Gasteiger partial charge in [-0.1, -0.05) is 45.4 Å². The van der Waals surface area contributed by atoms with Gasteiger partial charge in [-0.3, -0.25) is 0 Å². The third-order valence-corrected chi connectivity index (χ3v) is 5.14. The molecule has 2 aromatic rings. The van der Waals surface area contributed by atoms with Crippen LogP contribution < -0.4 is 4.74 Å². The normalized spacial score (nSPS) is 15.4. The van der Waals surface area contributed by atoms with Gasteiger partial charge in [-0.2, -0.15) is 0 Å². The number of benzene rings is 2. The molecule has 0 N–H and O–H groups in total. The van der Waals surface area contributed by atoms with E-state index in [1.165, 1.54) is 12.1 Å². The van der Waals surface area contributed by atoms with Crippen LogP contribution in [-0.2, 0) is 22.9 Å². The highest BCUT2D eigenvalue weighted by atomic mass is 32.2. The van der Waals surface area contributed by atoms with Gasteiger partial charge in [-0.05, 0) is 42.5 Å². The molecule has 1 atom stereocenters. The third kappa shape index (κ3) is 3.20. The fourth-order valence-corrected chi connectivity index (χ4v) is 3.60. The van der Waals surface area contributed by atoms with Crippen LogP contribution in [0.4, 0.5) is 8.96 Å². The van der Waals surface area contributed by atoms with E-state index in [0.717, 1.165) is 30.4 Å². The van der Waals surface area contributed by atoms with Crippen molar-refractivity contribution >= 4 is 10.0 Å². The Balaban J connectivity index is 2.01. The Kier molecular flexibility index (Phi) is 4.32. The number of sulfonamides is 1. The smallest absolute Gasteiger partial charge is 0.310 e. The third-order valence-electron chi connectivity index (χ3n) is 3.84. The molecule has 0 heterocycles. The molecule has 3 rings (SSSR count). The van der Waals surface area contributed by atoms with E-state index < -0.39 is 20.2 Å². The lowest BCUT2D eigenvalue weighted by molar-refractivity contribution is -0.0581. The predicted molar refractivity (Wildman–Crippen MR) is 81.3 cm³/mol. The highest BCUT2D eigenvalue weighted by Crippen LogP contribution is 2.32. The van der Waals surface area contributed by atoms with Gasteiger partial charge in [0.05, 0.1) is 0 Å². The van der Waals surface area contributed by atoms with E-state index in [1.807, 2.05) is 0 Å². The SMILES string of the molecule is O=S(=O)(C(Oc1ccccc1)c1ccc2c(c1)CCC2)N(F)F. The molecule has 0 aliphatic heterocycles. The van der Waals surface area contributed by atoms with Gasteiger partial charge in [0.25, 0.3) is 0 Å². The zero-order chi connectivity index (χ0) is 16.4. The molecule has 1 aliphatic rings. The van der Waals surface area contributed by atoms with Crippen molar-refractivity contribution in [3.63, 3.8) is 0 Å². The largest absolute Gasteiger partial charge is 0.468 e. The van der Waals surface area contributed by atoms with Crippen LogP contribution in [-0.4, -0.2) is 13.2 Å². The maximum absolute atomic E-state index is 12.9. The number of halogens is 2. The summed E-state index contributed by atoms with van der Waals surface area (Å²) >= 11 is 0. The van der Waals surface area contributed by atoms with Crippen molar-refractivity contribution in [1.82, 2.24) is 4.75 Å². The average molecular weight is 339 g/mol. The molecular weight excluding hydrogens is 324 g/mol. The lowest BCUT2D eigenvalue weighted by Gasteiger charge is -2.20. The molecule has 0 aromatic heterocycles. The van der Waals surface area contributed by atoms with E-state index in [9.17, 15) is 17.4 Å². The molecule has 0 fully saturated rings. The molecule has 0 amide bonds. The van der Waals surface area contributed by atoms with E-state index in [1.54, 1.807) is 36.4 Å². The van der Waals surface area contributed by atoms with Crippen LogP contribution in [0.2, 0.25) is 0 Å². The molecule has 1 unspecified atom stereocenters. The first kappa shape index (κ1) is 15.9. The van der Waals surface area contributed by atoms with Crippen molar-refractivity contribution in [1.29, 1.82) is 0 Å². The zero-order valence-electron chi connectivity index (χ0n) is 12.2. The highest BCUT2D eigenvalue weighted by Gasteiger charge is 2.37. The van der Waals surface area contributed by atoms with Gasteiger partial charge in [0.15, 0.2) is 0 Å². The Morgan fingerprint density at radius 3 is 2.39 bits per heavy atom. The first-order valence-electron chi connectivity index (χ1n) is 7.17. The Labute approximate surface area is 133 Å². The summed E-state index contributed by atoms with van der Waals surface area (Å²) in [5.41, 5.74) is 0.534. The molecule has 0 saturated heterocycles. The number of fused-ring (bicyclic) bond motifs is 1. The molecular formula is C16H15F2NO3S. The average Bonchev–Trinajstić information content (AvgIpc) is 3.00. The fraction of sp³-hybridized carbons (Fsp3) is 0.250. The molecule has 23 heavy (non-hydrogen) atoms. The van der Waals surface area contributed by atoms with E-state index in [4.69, 9.17) is 4.74 Å². The van der Waals surface area contributed by atoms with E-state index in [0.29, 0.717) is 0 Å². The van der Waals surface area contributed by atoms with Crippen LogP contribution in [0.3, 0.4) is 0 Å². The van der Waals surface area contributed by atoms with E-state index in [2.05, 4.69) is 0 Å². The number of aryl methyl sites for hydroxylation is 2. The second-order valence-electron chi connectivity index (χ2n) is 5.36. The van der Waals surface area contributed by atoms with Crippen molar-refractivity contribution in [3.8, 4) is 5.75 Å². The molecule has 0 bridgehead atoms. The van der Waals surface area contributed by atoms with Crippen molar-refractivity contribution in [2.24, 2.45) is 0 Å². The number of nitrogens with zero attached hydrogens (tertiary/aromatic N) is 1. The molecule has 4 nitrogen and oxygen atoms in total. The van der Waals surface area contributed by atoms with E-state index >= 15 is 0 Å². The molecule has 1 aliphatic carbocycles. The first-order valence-corrected chi connectivity index (χ1v) is 8.68. The van der Waals surface area contributed by atoms with Crippen LogP contribution >= 0.6 is 0 Å². The van der Waals surface area contributed by atoms with Gasteiger partial charge in [0.1, 0.15) is 10.5 Å². The fourth-order valence-electron chi connectivity index (χ4n) is 2.73. The molecule has 0 saturated carbocycles. The zero-order valence-corrected chi connectivity index (χ0v) is 13.0. The number of ether oxygens (including phenoxy) is 1. The molecule has 7 heteroatoms. The van der Waals surface area contributed by atoms with Crippen molar-refractivity contribution < 1.29 is 22.1 Å². The monoisotopic (exact) mass is 339 g/mol. The van der Waals surface area contributed by atoms with Crippen LogP contribution in [0.5, 0.6) is 5.75 Å². The van der Waals surface area contributed by atoms with Crippen LogP contribution in [0.15, 0.2) is 48.5 Å². The summed E-state index contributed by atoms with van der Waals surface area (Å²) in [6.45, 7) is 0. The number of hydrogen-bond acceptors (Lipinski definition) is 3. The summed E-state index contributed by atoms with van der Waals surface area (Å²) in [6, 6.07) is 13.0. The summed E-state index contributed by atoms with van der Waals surface area (Å²) in [4.78, 5) is 0. The number of para-hydroxylation sites is 1. The van der Waals surface area contributed by atoms with Gasteiger partial charge in [-0.25, -0.2) is 8.42 Å². The Morgan fingerprint density at radius 1 is 1.00 bits per heavy atom. The standard InChI is InChI=1S/C16H15F2NO3S/c17-19(18)23(20,21)16(22-15-7-2-1-3-8-15)14-10-9-12-5-4-6-13(12)11-14/h1-3,7-11,16H,4-6H2. The minimum atomic E-state index is -4.93. The van der Waals surface area contributed by atoms with E-state index in [-0.39, 0.29) is 11.3 Å². The summed E-state index contributed by atoms with van der Waals surface area (Å²) in [5, 5.41) is 0. The molecule has 0 radical (unpaired) electrons. The lowest BCUT2D eigenvalue weighted by Crippen LogP contribution is -2.27. The number of rotatable bonds is 5. The number of hydrogen-bond donors (Lipinski definition) is 0. The molecule has 2 aromatic carbocycles. The maximum atomic E-state index is 12.9. The summed E-state index contributed by atoms with van der Waals surface area (Å²) in [6.07, 6.45) is 2.72. The second-order valence-corrected chi connectivity index (χ2v) is 7.10. The van der Waals surface area contributed by atoms with Crippen molar-refractivity contribution in [2.75, 3.05) is 0 Å². The van der Waals surface area contributed by atoms with Crippen LogP contribution in [0, 0.1) is 0 Å². The maximum Gasteiger partial charge on any atom is 0.310 e. The van der Waals surface area contributed by atoms with Crippen LogP contribution in [0.1, 0.15) is 28.5 Å². The van der Waals surface area contributed by atoms with Gasteiger partial charge >= 0.3 is 10.0 Å². The quantitative estimate of drug-likeness (QED) is 0.781. The topological polar surface area (TPSA) is 46.6 Å². The Hall–Kier alpha value is -1.99. The highest BCUT2D eigenvalue weighted by molar-refractivity contribution is 7.88. The Morgan fingerprint density at radius 2 is 1.70 bits per heavy atom. The van der Waals surface area contributed by atoms with Crippen molar-refractivity contribution in [2.45, 2.75) is 24.7 Å². The summed E-state index contributed by atoms with van der Waals surface area (Å²) in [7, 11) is -4.93. The Bertz CT molecular complexity index is 794. The van der Waals surface area contributed by atoms with Gasteiger partial charge in [0, 0.05) is 5.56 Å². The molecule has 0 spiro atoms. The molecule has 122 valence electrons. The van der Waals surface area contributed by atoms with Crippen molar-refractivity contribution in [3.05, 3.63) is 65.2 Å². The lowest BCUT2D eigenvalue weighted by atomic mass is 10.1. The van der Waals surface area contributed by atoms with Gasteiger partial charge in [0.2, 0.25) is 5.44 Å². The second kappa shape index (κ2) is 6.25. The summed E-state index contributed by atoms with van der Waals surface area (Å²) in [5.74, 6) is 0.212. The van der Waals surface area contributed by atoms with Gasteiger partial charge in [-0.15, -0.1) is 0 Å². The minimum absolute atomic E-state index is 0.204. The minimum Gasteiger partial charge on any atom is -0.468 e.